The summed E-state index contributed by atoms with van der Waals surface area (Å²) in [5.74, 6) is 1.82. The summed E-state index contributed by atoms with van der Waals surface area (Å²) in [5.41, 5.74) is 3.68. The first-order chi connectivity index (χ1) is 15.6. The summed E-state index contributed by atoms with van der Waals surface area (Å²) < 4.78 is 6.34. The summed E-state index contributed by atoms with van der Waals surface area (Å²) in [5, 5.41) is 11.8. The van der Waals surface area contributed by atoms with Crippen LogP contribution in [0.15, 0.2) is 73.1 Å². The average molecular weight is 447 g/mol. The van der Waals surface area contributed by atoms with E-state index >= 15 is 0 Å². The molecule has 2 aliphatic heterocycles. The first kappa shape index (κ1) is 21.2. The molecule has 2 aliphatic rings. The van der Waals surface area contributed by atoms with Gasteiger partial charge in [0, 0.05) is 49.0 Å². The highest BCUT2D eigenvalue weighted by atomic mass is 35.5. The zero-order chi connectivity index (χ0) is 22.0. The minimum atomic E-state index is -0.764. The highest BCUT2D eigenvalue weighted by Gasteiger charge is 2.33. The lowest BCUT2D eigenvalue weighted by Crippen LogP contribution is -2.42. The van der Waals surface area contributed by atoms with Gasteiger partial charge >= 0.3 is 0 Å². The van der Waals surface area contributed by atoms with Crippen LogP contribution in [-0.4, -0.2) is 34.6 Å². The predicted octanol–water partition coefficient (Wildman–Crippen LogP) is 5.43. The van der Waals surface area contributed by atoms with Crippen LogP contribution in [0.5, 0.6) is 5.75 Å². The van der Waals surface area contributed by atoms with E-state index in [0.29, 0.717) is 5.02 Å². The Morgan fingerprint density at radius 2 is 1.81 bits per heavy atom. The van der Waals surface area contributed by atoms with Crippen molar-refractivity contribution in [1.29, 1.82) is 0 Å². The third kappa shape index (κ3) is 4.44. The molecule has 32 heavy (non-hydrogen) atoms. The van der Waals surface area contributed by atoms with Crippen molar-refractivity contribution in [2.45, 2.75) is 31.3 Å². The Labute approximate surface area is 194 Å². The van der Waals surface area contributed by atoms with E-state index in [1.54, 1.807) is 0 Å². The van der Waals surface area contributed by atoms with Crippen molar-refractivity contribution in [3.8, 4) is 5.75 Å². The number of hydrogen-bond acceptors (Lipinski definition) is 4. The van der Waals surface area contributed by atoms with Crippen molar-refractivity contribution in [3.63, 3.8) is 0 Å². The van der Waals surface area contributed by atoms with Crippen molar-refractivity contribution in [1.82, 2.24) is 9.88 Å². The van der Waals surface area contributed by atoms with E-state index in [0.717, 1.165) is 68.0 Å². The number of likely N-dealkylation sites (tertiary alicyclic amines) is 1. The average Bonchev–Trinajstić information content (AvgIpc) is 2.97. The summed E-state index contributed by atoms with van der Waals surface area (Å²) in [4.78, 5) is 6.74. The van der Waals surface area contributed by atoms with Crippen LogP contribution in [-0.2, 0) is 12.0 Å². The zero-order valence-corrected chi connectivity index (χ0v) is 18.8. The molecule has 0 unspecified atom stereocenters. The molecule has 1 fully saturated rings. The smallest absolute Gasteiger partial charge is 0.131 e. The molecule has 1 aromatic heterocycles. The minimum absolute atomic E-state index is 0.698. The Balaban J connectivity index is 1.25. The molecule has 0 bridgehead atoms. The molecule has 3 heterocycles. The fraction of sp³-hybridized carbons (Fsp3) is 0.296. The van der Waals surface area contributed by atoms with Gasteiger partial charge in [-0.25, -0.2) is 0 Å². The van der Waals surface area contributed by atoms with Crippen LogP contribution in [0.1, 0.15) is 41.5 Å². The normalized spacial score (nSPS) is 19.0. The predicted molar refractivity (Wildman–Crippen MR) is 128 cm³/mol. The molecule has 0 spiro atoms. The Hall–Kier alpha value is -2.66. The van der Waals surface area contributed by atoms with Crippen molar-refractivity contribution in [2.24, 2.45) is 0 Å². The number of rotatable bonds is 4. The van der Waals surface area contributed by atoms with Gasteiger partial charge < -0.3 is 14.7 Å². The van der Waals surface area contributed by atoms with Gasteiger partial charge in [-0.05, 0) is 66.3 Å². The number of hydrogen-bond donors (Lipinski definition) is 1. The lowest BCUT2D eigenvalue weighted by Gasteiger charge is -2.38. The van der Waals surface area contributed by atoms with Crippen molar-refractivity contribution in [3.05, 3.63) is 100 Å². The molecule has 0 atom stereocenters. The molecule has 0 amide bonds. The van der Waals surface area contributed by atoms with Crippen LogP contribution in [0.2, 0.25) is 5.02 Å². The number of nitrogens with zero attached hydrogens (tertiary/aromatic N) is 2. The Morgan fingerprint density at radius 3 is 2.62 bits per heavy atom. The number of pyridine rings is 1. The maximum atomic E-state index is 11.1. The minimum Gasteiger partial charge on any atom is -0.457 e. The topological polar surface area (TPSA) is 45.6 Å². The number of benzene rings is 2. The molecule has 3 aromatic rings. The van der Waals surface area contributed by atoms with E-state index in [2.05, 4.69) is 28.1 Å². The number of para-hydroxylation sites is 1. The Morgan fingerprint density at radius 1 is 1.03 bits per heavy atom. The second-order valence-electron chi connectivity index (χ2n) is 8.66. The molecule has 5 rings (SSSR count). The van der Waals surface area contributed by atoms with Gasteiger partial charge in [0.2, 0.25) is 0 Å². The molecule has 1 saturated heterocycles. The van der Waals surface area contributed by atoms with Gasteiger partial charge in [0.25, 0.3) is 0 Å². The highest BCUT2D eigenvalue weighted by molar-refractivity contribution is 6.30. The van der Waals surface area contributed by atoms with Crippen molar-refractivity contribution >= 4 is 17.4 Å². The number of fused-ring (bicyclic) bond motifs is 2. The summed E-state index contributed by atoms with van der Waals surface area (Å²) in [6.07, 6.45) is 9.13. The number of halogens is 1. The van der Waals surface area contributed by atoms with Crippen LogP contribution in [0, 0.1) is 0 Å². The molecule has 5 heteroatoms. The van der Waals surface area contributed by atoms with E-state index in [9.17, 15) is 5.11 Å². The van der Waals surface area contributed by atoms with Crippen LogP contribution in [0.3, 0.4) is 0 Å². The van der Waals surface area contributed by atoms with Gasteiger partial charge in [-0.2, -0.15) is 0 Å². The van der Waals surface area contributed by atoms with Gasteiger partial charge in [-0.3, -0.25) is 4.98 Å². The second-order valence-corrected chi connectivity index (χ2v) is 9.09. The maximum Gasteiger partial charge on any atom is 0.131 e. The molecule has 1 N–H and O–H groups in total. The van der Waals surface area contributed by atoms with Crippen molar-refractivity contribution in [2.75, 3.05) is 19.6 Å². The first-order valence-corrected chi connectivity index (χ1v) is 11.6. The highest BCUT2D eigenvalue weighted by Crippen LogP contribution is 2.35. The van der Waals surface area contributed by atoms with Crippen LogP contribution in [0.4, 0.5) is 0 Å². The molecule has 0 saturated carbocycles. The fourth-order valence-electron chi connectivity index (χ4n) is 4.66. The lowest BCUT2D eigenvalue weighted by atomic mass is 9.84. The van der Waals surface area contributed by atoms with Gasteiger partial charge in [-0.1, -0.05) is 41.9 Å². The molecule has 164 valence electrons. The quantitative estimate of drug-likeness (QED) is 0.580. The zero-order valence-electron chi connectivity index (χ0n) is 18.0. The standard InChI is InChI=1S/C27H27ClN2O2/c28-23-9-7-22(8-10-23)27(31)12-16-30(17-13-27)15-3-6-26-24-11-14-29-19-21(24)18-20-4-1-2-5-25(20)32-26/h1-2,4-11,14,19,31H,3,12-13,15-18H2. The maximum absolute atomic E-state index is 11.1. The molecule has 0 radical (unpaired) electrons. The third-order valence-corrected chi connectivity index (χ3v) is 6.83. The third-order valence-electron chi connectivity index (χ3n) is 6.58. The summed E-state index contributed by atoms with van der Waals surface area (Å²) in [7, 11) is 0. The van der Waals surface area contributed by atoms with E-state index < -0.39 is 5.60 Å². The summed E-state index contributed by atoms with van der Waals surface area (Å²) in [6.45, 7) is 2.67. The number of piperidine rings is 1. The van der Waals surface area contributed by atoms with Gasteiger partial charge in [0.15, 0.2) is 0 Å². The molecular formula is C27H27ClN2O2. The van der Waals surface area contributed by atoms with Gasteiger partial charge in [-0.15, -0.1) is 0 Å². The van der Waals surface area contributed by atoms with E-state index in [4.69, 9.17) is 16.3 Å². The SMILES string of the molecule is OC1(c2ccc(Cl)cc2)CCN(CCC=C2Oc3ccccc3Cc3cnccc32)CC1. The van der Waals surface area contributed by atoms with Crippen LogP contribution in [0.25, 0.3) is 5.76 Å². The summed E-state index contributed by atoms with van der Waals surface area (Å²) >= 11 is 6.00. The molecular weight excluding hydrogens is 420 g/mol. The first-order valence-electron chi connectivity index (χ1n) is 11.2. The number of aliphatic hydroxyl groups is 1. The lowest BCUT2D eigenvalue weighted by molar-refractivity contribution is -0.0254. The van der Waals surface area contributed by atoms with Crippen molar-refractivity contribution < 1.29 is 9.84 Å². The van der Waals surface area contributed by atoms with E-state index in [-0.39, 0.29) is 0 Å². The monoisotopic (exact) mass is 446 g/mol. The molecule has 4 nitrogen and oxygen atoms in total. The second kappa shape index (κ2) is 9.07. The molecule has 0 aliphatic carbocycles. The van der Waals surface area contributed by atoms with E-state index in [1.807, 2.05) is 54.9 Å². The Kier molecular flexibility index (Phi) is 6.01. The summed E-state index contributed by atoms with van der Waals surface area (Å²) in [6, 6.07) is 17.8. The van der Waals surface area contributed by atoms with E-state index in [1.165, 1.54) is 11.1 Å². The number of ether oxygens (including phenoxy) is 1. The molecule has 2 aromatic carbocycles. The largest absolute Gasteiger partial charge is 0.457 e. The Bertz CT molecular complexity index is 1120. The fourth-order valence-corrected chi connectivity index (χ4v) is 4.79. The number of aromatic nitrogens is 1. The van der Waals surface area contributed by atoms with Crippen LogP contribution < -0.4 is 4.74 Å². The van der Waals surface area contributed by atoms with Crippen LogP contribution >= 0.6 is 11.6 Å². The van der Waals surface area contributed by atoms with Gasteiger partial charge in [0.05, 0.1) is 5.60 Å². The van der Waals surface area contributed by atoms with Gasteiger partial charge in [0.1, 0.15) is 11.5 Å².